The number of sulfonamides is 1. The van der Waals surface area contributed by atoms with Crippen LogP contribution in [0.15, 0.2) is 83.8 Å². The van der Waals surface area contributed by atoms with Gasteiger partial charge in [-0.1, -0.05) is 54.1 Å². The van der Waals surface area contributed by atoms with Crippen LogP contribution in [-0.4, -0.2) is 24.2 Å². The molecule has 2 N–H and O–H groups in total. The molecule has 0 aliphatic rings. The van der Waals surface area contributed by atoms with Crippen molar-refractivity contribution in [1.82, 2.24) is 15.2 Å². The van der Waals surface area contributed by atoms with Gasteiger partial charge in [-0.05, 0) is 68.3 Å². The number of carbonyl (C=O) groups excluding carboxylic acids is 1. The molecule has 0 atom stereocenters. The van der Waals surface area contributed by atoms with Crippen molar-refractivity contribution in [3.63, 3.8) is 0 Å². The highest BCUT2D eigenvalue weighted by atomic mass is 35.5. The van der Waals surface area contributed by atoms with E-state index >= 15 is 0 Å². The summed E-state index contributed by atoms with van der Waals surface area (Å²) in [6, 6.07) is 22.5. The SMILES string of the molecule is CC(C)(C)NNC(=O)c1ccc(CN(Cc2ccccc2)S(=O)(=O)c2ccc(Cl)cc2)cc1. The van der Waals surface area contributed by atoms with Gasteiger partial charge in [0.15, 0.2) is 0 Å². The van der Waals surface area contributed by atoms with E-state index in [2.05, 4.69) is 10.9 Å². The van der Waals surface area contributed by atoms with Crippen LogP contribution in [0.4, 0.5) is 0 Å². The predicted molar refractivity (Wildman–Crippen MR) is 131 cm³/mol. The first-order chi connectivity index (χ1) is 15.5. The van der Waals surface area contributed by atoms with Crippen LogP contribution in [-0.2, 0) is 23.1 Å². The minimum absolute atomic E-state index is 0.155. The molecule has 0 spiro atoms. The summed E-state index contributed by atoms with van der Waals surface area (Å²) in [6.45, 7) is 6.20. The number of hydrazine groups is 1. The Hall–Kier alpha value is -2.71. The number of nitrogens with one attached hydrogen (secondary N) is 2. The Bertz CT molecular complexity index is 1170. The molecule has 3 rings (SSSR count). The Balaban J connectivity index is 1.83. The van der Waals surface area contributed by atoms with Gasteiger partial charge in [-0.2, -0.15) is 4.31 Å². The topological polar surface area (TPSA) is 78.5 Å². The molecule has 33 heavy (non-hydrogen) atoms. The van der Waals surface area contributed by atoms with Gasteiger partial charge in [0, 0.05) is 29.2 Å². The van der Waals surface area contributed by atoms with Crippen LogP contribution in [0.1, 0.15) is 42.3 Å². The summed E-state index contributed by atoms with van der Waals surface area (Å²) in [5.74, 6) is -0.258. The second-order valence-corrected chi connectivity index (χ2v) is 11.1. The lowest BCUT2D eigenvalue weighted by molar-refractivity contribution is 0.0914. The summed E-state index contributed by atoms with van der Waals surface area (Å²) in [5, 5.41) is 0.471. The molecule has 0 radical (unpaired) electrons. The molecule has 0 heterocycles. The monoisotopic (exact) mass is 485 g/mol. The number of hydrogen-bond donors (Lipinski definition) is 2. The third-order valence-electron chi connectivity index (χ3n) is 4.78. The number of hydrogen-bond acceptors (Lipinski definition) is 4. The molecule has 0 saturated carbocycles. The standard InChI is InChI=1S/C25H28ClN3O3S/c1-25(2,3)28-27-24(30)21-11-9-20(10-12-21)18-29(17-19-7-5-4-6-8-19)33(31,32)23-15-13-22(26)14-16-23/h4-16,28H,17-18H2,1-3H3,(H,27,30). The summed E-state index contributed by atoms with van der Waals surface area (Å²) in [5.41, 5.74) is 7.47. The highest BCUT2D eigenvalue weighted by molar-refractivity contribution is 7.89. The highest BCUT2D eigenvalue weighted by Gasteiger charge is 2.25. The number of rotatable bonds is 8. The van der Waals surface area contributed by atoms with Crippen molar-refractivity contribution in [2.45, 2.75) is 44.3 Å². The minimum atomic E-state index is -3.78. The lowest BCUT2D eigenvalue weighted by atomic mass is 10.1. The molecule has 1 amide bonds. The van der Waals surface area contributed by atoms with E-state index < -0.39 is 10.0 Å². The molecule has 3 aromatic rings. The Morgan fingerprint density at radius 2 is 1.39 bits per heavy atom. The molecule has 0 fully saturated rings. The van der Waals surface area contributed by atoms with Crippen LogP contribution in [0.3, 0.4) is 0 Å². The second-order valence-electron chi connectivity index (χ2n) is 8.74. The van der Waals surface area contributed by atoms with Crippen molar-refractivity contribution >= 4 is 27.5 Å². The zero-order chi connectivity index (χ0) is 24.1. The van der Waals surface area contributed by atoms with E-state index in [0.717, 1.165) is 11.1 Å². The molecule has 174 valence electrons. The first-order valence-electron chi connectivity index (χ1n) is 10.5. The van der Waals surface area contributed by atoms with Crippen LogP contribution >= 0.6 is 11.6 Å². The molecule has 0 aromatic heterocycles. The summed E-state index contributed by atoms with van der Waals surface area (Å²) in [4.78, 5) is 12.5. The van der Waals surface area contributed by atoms with E-state index in [1.807, 2.05) is 51.1 Å². The molecule has 0 saturated heterocycles. The molecule has 8 heteroatoms. The fourth-order valence-electron chi connectivity index (χ4n) is 3.05. The number of halogens is 1. The van der Waals surface area contributed by atoms with Gasteiger partial charge in [-0.15, -0.1) is 0 Å². The van der Waals surface area contributed by atoms with Crippen molar-refractivity contribution in [3.8, 4) is 0 Å². The highest BCUT2D eigenvalue weighted by Crippen LogP contribution is 2.23. The zero-order valence-electron chi connectivity index (χ0n) is 18.9. The number of benzene rings is 3. The van der Waals surface area contributed by atoms with Crippen molar-refractivity contribution in [3.05, 3.63) is 101 Å². The molecule has 3 aromatic carbocycles. The van der Waals surface area contributed by atoms with Crippen molar-refractivity contribution in [2.75, 3.05) is 0 Å². The molecule has 0 unspecified atom stereocenters. The second kappa shape index (κ2) is 10.5. The fourth-order valence-corrected chi connectivity index (χ4v) is 4.59. The molecule has 0 bridgehead atoms. The Kier molecular flexibility index (Phi) is 7.92. The van der Waals surface area contributed by atoms with Crippen LogP contribution in [0, 0.1) is 0 Å². The molecule has 0 aliphatic heterocycles. The van der Waals surface area contributed by atoms with Gasteiger partial charge in [0.05, 0.1) is 4.90 Å². The lowest BCUT2D eigenvalue weighted by Gasteiger charge is -2.23. The van der Waals surface area contributed by atoms with Crippen molar-refractivity contribution < 1.29 is 13.2 Å². The van der Waals surface area contributed by atoms with E-state index in [9.17, 15) is 13.2 Å². The number of amides is 1. The Labute approximate surface area is 200 Å². The summed E-state index contributed by atoms with van der Waals surface area (Å²) >= 11 is 5.94. The number of nitrogens with zero attached hydrogens (tertiary/aromatic N) is 1. The smallest absolute Gasteiger partial charge is 0.265 e. The van der Waals surface area contributed by atoms with Gasteiger partial charge >= 0.3 is 0 Å². The first-order valence-corrected chi connectivity index (χ1v) is 12.3. The first kappa shape index (κ1) is 24.9. The molecule has 0 aliphatic carbocycles. The summed E-state index contributed by atoms with van der Waals surface area (Å²) in [6.07, 6.45) is 0. The van der Waals surface area contributed by atoms with E-state index in [4.69, 9.17) is 11.6 Å². The maximum Gasteiger partial charge on any atom is 0.265 e. The average Bonchev–Trinajstić information content (AvgIpc) is 2.78. The van der Waals surface area contributed by atoms with Gasteiger partial charge in [-0.25, -0.2) is 13.8 Å². The van der Waals surface area contributed by atoms with Gasteiger partial charge < -0.3 is 0 Å². The van der Waals surface area contributed by atoms with Gasteiger partial charge in [0.2, 0.25) is 10.0 Å². The van der Waals surface area contributed by atoms with Crippen molar-refractivity contribution in [2.24, 2.45) is 0 Å². The van der Waals surface area contributed by atoms with Gasteiger partial charge in [0.1, 0.15) is 0 Å². The summed E-state index contributed by atoms with van der Waals surface area (Å²) < 4.78 is 28.3. The normalized spacial score (nSPS) is 12.0. The largest absolute Gasteiger partial charge is 0.287 e. The third-order valence-corrected chi connectivity index (χ3v) is 6.84. The minimum Gasteiger partial charge on any atom is -0.287 e. The molecule has 6 nitrogen and oxygen atoms in total. The van der Waals surface area contributed by atoms with Gasteiger partial charge in [0.25, 0.3) is 5.91 Å². The predicted octanol–water partition coefficient (Wildman–Crippen LogP) is 4.76. The van der Waals surface area contributed by atoms with Gasteiger partial charge in [-0.3, -0.25) is 10.2 Å². The van der Waals surface area contributed by atoms with E-state index in [1.54, 1.807) is 36.4 Å². The van der Waals surface area contributed by atoms with Crippen molar-refractivity contribution in [1.29, 1.82) is 0 Å². The van der Waals surface area contributed by atoms with Crippen LogP contribution in [0.25, 0.3) is 0 Å². The molecular weight excluding hydrogens is 458 g/mol. The number of carbonyl (C=O) groups is 1. The lowest BCUT2D eigenvalue weighted by Crippen LogP contribution is -2.48. The maximum atomic E-state index is 13.4. The van der Waals surface area contributed by atoms with Crippen LogP contribution < -0.4 is 10.9 Å². The van der Waals surface area contributed by atoms with Crippen LogP contribution in [0.5, 0.6) is 0 Å². The molecular formula is C25H28ClN3O3S. The maximum absolute atomic E-state index is 13.4. The third kappa shape index (κ3) is 7.14. The van der Waals surface area contributed by atoms with E-state index in [0.29, 0.717) is 10.6 Å². The average molecular weight is 486 g/mol. The van der Waals surface area contributed by atoms with Crippen LogP contribution in [0.2, 0.25) is 5.02 Å². The fraction of sp³-hybridized carbons (Fsp3) is 0.240. The quantitative estimate of drug-likeness (QED) is 0.451. The Morgan fingerprint density at radius 1 is 0.848 bits per heavy atom. The van der Waals surface area contributed by atoms with E-state index in [-0.39, 0.29) is 29.4 Å². The van der Waals surface area contributed by atoms with E-state index in [1.165, 1.54) is 16.4 Å². The Morgan fingerprint density at radius 3 is 1.94 bits per heavy atom. The summed E-state index contributed by atoms with van der Waals surface area (Å²) in [7, 11) is -3.78. The zero-order valence-corrected chi connectivity index (χ0v) is 20.5.